The summed E-state index contributed by atoms with van der Waals surface area (Å²) in [5.41, 5.74) is 5.77. The molecule has 2 aliphatic heterocycles. The topological polar surface area (TPSA) is 24.5 Å². The summed E-state index contributed by atoms with van der Waals surface area (Å²) in [6, 6.07) is 6.93. The predicted molar refractivity (Wildman–Crippen MR) is 99.4 cm³/mol. The molecule has 25 heavy (non-hydrogen) atoms. The standard InChI is InChI=1S/C20H22ClFN2O/c1-13-17-5-7-23-6-4-14(17)11-19-20(13)24(8-9-25-19)12-15-10-16(21)2-3-18(15)22/h2-3,10-11,23H,4-9,12H2,1H3. The number of anilines is 1. The second-order valence-corrected chi connectivity index (χ2v) is 7.18. The van der Waals surface area contributed by atoms with Gasteiger partial charge >= 0.3 is 0 Å². The second-order valence-electron chi connectivity index (χ2n) is 6.74. The smallest absolute Gasteiger partial charge is 0.143 e. The summed E-state index contributed by atoms with van der Waals surface area (Å²) >= 11 is 6.06. The third-order valence-electron chi connectivity index (χ3n) is 5.16. The lowest BCUT2D eigenvalue weighted by atomic mass is 9.94. The molecular weight excluding hydrogens is 339 g/mol. The lowest BCUT2D eigenvalue weighted by Crippen LogP contribution is -2.33. The van der Waals surface area contributed by atoms with Crippen molar-refractivity contribution in [3.63, 3.8) is 0 Å². The highest BCUT2D eigenvalue weighted by atomic mass is 35.5. The maximum absolute atomic E-state index is 14.2. The molecule has 0 aromatic heterocycles. The van der Waals surface area contributed by atoms with E-state index in [0.717, 1.165) is 43.9 Å². The third kappa shape index (κ3) is 3.21. The van der Waals surface area contributed by atoms with Gasteiger partial charge in [-0.1, -0.05) is 11.6 Å². The van der Waals surface area contributed by atoms with E-state index in [9.17, 15) is 4.39 Å². The van der Waals surface area contributed by atoms with Crippen molar-refractivity contribution in [2.75, 3.05) is 31.1 Å². The molecule has 2 aromatic rings. The van der Waals surface area contributed by atoms with Gasteiger partial charge in [-0.15, -0.1) is 0 Å². The highest BCUT2D eigenvalue weighted by Gasteiger charge is 2.25. The molecule has 2 heterocycles. The van der Waals surface area contributed by atoms with Gasteiger partial charge in [-0.2, -0.15) is 0 Å². The van der Waals surface area contributed by atoms with E-state index in [4.69, 9.17) is 16.3 Å². The molecule has 0 atom stereocenters. The number of benzene rings is 2. The number of halogens is 2. The molecular formula is C20H22ClFN2O. The van der Waals surface area contributed by atoms with Gasteiger partial charge in [0.05, 0.1) is 12.2 Å². The number of fused-ring (bicyclic) bond motifs is 2. The van der Waals surface area contributed by atoms with Gasteiger partial charge in [-0.25, -0.2) is 4.39 Å². The SMILES string of the molecule is Cc1c2c(cc3c1N(Cc1cc(Cl)ccc1F)CCO3)CCNCC2. The van der Waals surface area contributed by atoms with Gasteiger partial charge in [0.2, 0.25) is 0 Å². The van der Waals surface area contributed by atoms with Crippen molar-refractivity contribution in [1.82, 2.24) is 5.32 Å². The zero-order valence-electron chi connectivity index (χ0n) is 14.4. The summed E-state index contributed by atoms with van der Waals surface area (Å²) in [5, 5.41) is 4.02. The highest BCUT2D eigenvalue weighted by molar-refractivity contribution is 6.30. The van der Waals surface area contributed by atoms with Gasteiger partial charge in [-0.05, 0) is 73.8 Å². The molecule has 0 spiro atoms. The van der Waals surface area contributed by atoms with Crippen molar-refractivity contribution in [3.05, 3.63) is 57.4 Å². The van der Waals surface area contributed by atoms with Crippen LogP contribution in [-0.4, -0.2) is 26.2 Å². The fourth-order valence-electron chi connectivity index (χ4n) is 3.92. The Morgan fingerprint density at radius 2 is 2.08 bits per heavy atom. The molecule has 5 heteroatoms. The van der Waals surface area contributed by atoms with Crippen LogP contribution in [-0.2, 0) is 19.4 Å². The molecule has 2 aromatic carbocycles. The van der Waals surface area contributed by atoms with Crippen LogP contribution in [0.3, 0.4) is 0 Å². The van der Waals surface area contributed by atoms with Crippen molar-refractivity contribution in [3.8, 4) is 5.75 Å². The molecule has 2 aliphatic rings. The fraction of sp³-hybridized carbons (Fsp3) is 0.400. The lowest BCUT2D eigenvalue weighted by Gasteiger charge is -2.34. The summed E-state index contributed by atoms with van der Waals surface area (Å²) in [7, 11) is 0. The van der Waals surface area contributed by atoms with Crippen LogP contribution in [0, 0.1) is 12.7 Å². The Labute approximate surface area is 152 Å². The van der Waals surface area contributed by atoms with Crippen LogP contribution >= 0.6 is 11.6 Å². The first-order valence-corrected chi connectivity index (χ1v) is 9.19. The summed E-state index contributed by atoms with van der Waals surface area (Å²) in [6.07, 6.45) is 2.05. The average molecular weight is 361 g/mol. The molecule has 0 saturated carbocycles. The Morgan fingerprint density at radius 1 is 1.24 bits per heavy atom. The van der Waals surface area contributed by atoms with Crippen molar-refractivity contribution in [2.24, 2.45) is 0 Å². The van der Waals surface area contributed by atoms with E-state index in [1.807, 2.05) is 0 Å². The van der Waals surface area contributed by atoms with E-state index >= 15 is 0 Å². The van der Waals surface area contributed by atoms with E-state index in [1.54, 1.807) is 12.1 Å². The van der Waals surface area contributed by atoms with E-state index in [0.29, 0.717) is 23.7 Å². The Kier molecular flexibility index (Phi) is 4.57. The number of ether oxygens (including phenoxy) is 1. The van der Waals surface area contributed by atoms with E-state index < -0.39 is 0 Å². The van der Waals surface area contributed by atoms with Crippen LogP contribution in [0.15, 0.2) is 24.3 Å². The van der Waals surface area contributed by atoms with Gasteiger partial charge in [0.1, 0.15) is 18.2 Å². The number of nitrogens with zero attached hydrogens (tertiary/aromatic N) is 1. The Balaban J connectivity index is 1.74. The molecule has 0 unspecified atom stereocenters. The molecule has 0 radical (unpaired) electrons. The van der Waals surface area contributed by atoms with Crippen molar-refractivity contribution in [1.29, 1.82) is 0 Å². The third-order valence-corrected chi connectivity index (χ3v) is 5.40. The number of hydrogen-bond donors (Lipinski definition) is 1. The fourth-order valence-corrected chi connectivity index (χ4v) is 4.12. The minimum absolute atomic E-state index is 0.214. The van der Waals surface area contributed by atoms with E-state index in [1.165, 1.54) is 22.8 Å². The molecule has 132 valence electrons. The molecule has 0 amide bonds. The molecule has 0 aliphatic carbocycles. The lowest BCUT2D eigenvalue weighted by molar-refractivity contribution is 0.305. The van der Waals surface area contributed by atoms with Crippen LogP contribution in [0.5, 0.6) is 5.75 Å². The zero-order chi connectivity index (χ0) is 17.4. The van der Waals surface area contributed by atoms with Crippen LogP contribution in [0.2, 0.25) is 5.02 Å². The molecule has 3 nitrogen and oxygen atoms in total. The van der Waals surface area contributed by atoms with Crippen molar-refractivity contribution < 1.29 is 9.13 Å². The number of hydrogen-bond acceptors (Lipinski definition) is 3. The monoisotopic (exact) mass is 360 g/mol. The van der Waals surface area contributed by atoms with E-state index in [-0.39, 0.29) is 5.82 Å². The van der Waals surface area contributed by atoms with Crippen LogP contribution in [0.25, 0.3) is 0 Å². The summed E-state index contributed by atoms with van der Waals surface area (Å²) in [6.45, 7) is 6.03. The highest BCUT2D eigenvalue weighted by Crippen LogP contribution is 2.40. The molecule has 4 rings (SSSR count). The van der Waals surface area contributed by atoms with Gasteiger partial charge in [0.15, 0.2) is 0 Å². The number of nitrogens with one attached hydrogen (secondary N) is 1. The quantitative estimate of drug-likeness (QED) is 0.879. The Hall–Kier alpha value is -1.78. The molecule has 0 bridgehead atoms. The maximum atomic E-state index is 14.2. The molecule has 0 fully saturated rings. The van der Waals surface area contributed by atoms with Crippen molar-refractivity contribution >= 4 is 17.3 Å². The first-order chi connectivity index (χ1) is 12.1. The minimum Gasteiger partial charge on any atom is -0.490 e. The van der Waals surface area contributed by atoms with Gasteiger partial charge in [-0.3, -0.25) is 0 Å². The molecule has 0 saturated heterocycles. The van der Waals surface area contributed by atoms with Gasteiger partial charge < -0.3 is 15.0 Å². The molecule has 1 N–H and O–H groups in total. The summed E-state index contributed by atoms with van der Waals surface area (Å²) < 4.78 is 20.2. The summed E-state index contributed by atoms with van der Waals surface area (Å²) in [5.74, 6) is 0.709. The normalized spacial score (nSPS) is 16.7. The minimum atomic E-state index is -0.214. The first-order valence-electron chi connectivity index (χ1n) is 8.81. The predicted octanol–water partition coefficient (Wildman–Crippen LogP) is 3.87. The summed E-state index contributed by atoms with van der Waals surface area (Å²) in [4.78, 5) is 2.22. The first kappa shape index (κ1) is 16.7. The maximum Gasteiger partial charge on any atom is 0.143 e. The second kappa shape index (κ2) is 6.85. The largest absolute Gasteiger partial charge is 0.490 e. The van der Waals surface area contributed by atoms with Crippen LogP contribution < -0.4 is 15.0 Å². The van der Waals surface area contributed by atoms with Crippen LogP contribution in [0.4, 0.5) is 10.1 Å². The zero-order valence-corrected chi connectivity index (χ0v) is 15.1. The van der Waals surface area contributed by atoms with Crippen molar-refractivity contribution in [2.45, 2.75) is 26.3 Å². The van der Waals surface area contributed by atoms with E-state index in [2.05, 4.69) is 23.2 Å². The van der Waals surface area contributed by atoms with Gasteiger partial charge in [0, 0.05) is 17.1 Å². The van der Waals surface area contributed by atoms with Crippen LogP contribution in [0.1, 0.15) is 22.3 Å². The Bertz CT molecular complexity index is 809. The Morgan fingerprint density at radius 3 is 2.96 bits per heavy atom. The average Bonchev–Trinajstić information content (AvgIpc) is 2.84. The van der Waals surface area contributed by atoms with Gasteiger partial charge in [0.25, 0.3) is 0 Å². The number of rotatable bonds is 2.